The molecule has 3 heterocycles. The first kappa shape index (κ1) is 17.5. The van der Waals surface area contributed by atoms with E-state index in [2.05, 4.69) is 31.3 Å². The molecule has 0 unspecified atom stereocenters. The molecule has 0 aliphatic heterocycles. The van der Waals surface area contributed by atoms with Gasteiger partial charge in [0, 0.05) is 35.1 Å². The largest absolute Gasteiger partial charge is 0.323 e. The summed E-state index contributed by atoms with van der Waals surface area (Å²) in [6, 6.07) is 13.3. The van der Waals surface area contributed by atoms with Crippen LogP contribution in [0.4, 0.5) is 16.0 Å². The van der Waals surface area contributed by atoms with E-state index in [0.29, 0.717) is 17.2 Å². The van der Waals surface area contributed by atoms with E-state index in [1.807, 2.05) is 37.3 Å². The van der Waals surface area contributed by atoms with Gasteiger partial charge in [-0.15, -0.1) is 0 Å². The van der Waals surface area contributed by atoms with Crippen molar-refractivity contribution < 1.29 is 4.39 Å². The van der Waals surface area contributed by atoms with Crippen molar-refractivity contribution in [1.82, 2.24) is 19.9 Å². The predicted octanol–water partition coefficient (Wildman–Crippen LogP) is 4.48. The molecule has 0 radical (unpaired) electrons. The second-order valence-corrected chi connectivity index (χ2v) is 6.24. The molecular formula is C21H15FN6. The SMILES string of the molecule is Cc1ccc(C#N)nc1-c1ccc2c(Nc3ncc(CF)cn3)ccnc2c1. The molecule has 0 spiro atoms. The van der Waals surface area contributed by atoms with Crippen molar-refractivity contribution in [3.05, 3.63) is 71.8 Å². The van der Waals surface area contributed by atoms with Crippen molar-refractivity contribution in [3.63, 3.8) is 0 Å². The molecule has 0 aliphatic carbocycles. The number of alkyl halides is 1. The van der Waals surface area contributed by atoms with Gasteiger partial charge in [0.1, 0.15) is 18.4 Å². The fourth-order valence-electron chi connectivity index (χ4n) is 2.90. The van der Waals surface area contributed by atoms with Gasteiger partial charge in [-0.1, -0.05) is 18.2 Å². The van der Waals surface area contributed by atoms with Crippen molar-refractivity contribution in [3.8, 4) is 17.3 Å². The number of fused-ring (bicyclic) bond motifs is 1. The Morgan fingerprint density at radius 1 is 1.07 bits per heavy atom. The number of nitriles is 1. The van der Waals surface area contributed by atoms with E-state index in [1.54, 1.807) is 12.3 Å². The van der Waals surface area contributed by atoms with Crippen LogP contribution in [0.5, 0.6) is 0 Å². The molecule has 4 aromatic rings. The van der Waals surface area contributed by atoms with Gasteiger partial charge >= 0.3 is 0 Å². The first-order chi connectivity index (χ1) is 13.7. The summed E-state index contributed by atoms with van der Waals surface area (Å²) < 4.78 is 12.6. The molecule has 0 saturated carbocycles. The summed E-state index contributed by atoms with van der Waals surface area (Å²) in [4.78, 5) is 17.1. The lowest BCUT2D eigenvalue weighted by molar-refractivity contribution is 0.483. The molecule has 0 amide bonds. The van der Waals surface area contributed by atoms with E-state index < -0.39 is 6.67 Å². The second kappa shape index (κ2) is 7.37. The van der Waals surface area contributed by atoms with Gasteiger partial charge in [-0.05, 0) is 30.7 Å². The van der Waals surface area contributed by atoms with Gasteiger partial charge in [0.25, 0.3) is 0 Å². The summed E-state index contributed by atoms with van der Waals surface area (Å²) in [7, 11) is 0. The summed E-state index contributed by atoms with van der Waals surface area (Å²) in [6.45, 7) is 1.36. The third kappa shape index (κ3) is 3.35. The number of aryl methyl sites for hydroxylation is 1. The highest BCUT2D eigenvalue weighted by Gasteiger charge is 2.09. The van der Waals surface area contributed by atoms with E-state index in [9.17, 15) is 4.39 Å². The fourth-order valence-corrected chi connectivity index (χ4v) is 2.90. The molecule has 1 aromatic carbocycles. The van der Waals surface area contributed by atoms with E-state index in [4.69, 9.17) is 5.26 Å². The quantitative estimate of drug-likeness (QED) is 0.570. The molecule has 28 heavy (non-hydrogen) atoms. The molecule has 6 nitrogen and oxygen atoms in total. The zero-order valence-corrected chi connectivity index (χ0v) is 15.0. The molecule has 3 aromatic heterocycles. The van der Waals surface area contributed by atoms with Crippen LogP contribution in [0.15, 0.2) is 55.0 Å². The van der Waals surface area contributed by atoms with E-state index in [-0.39, 0.29) is 0 Å². The number of nitrogens with one attached hydrogen (secondary N) is 1. The Balaban J connectivity index is 1.73. The zero-order valence-electron chi connectivity index (χ0n) is 15.0. The van der Waals surface area contributed by atoms with Crippen LogP contribution in [0, 0.1) is 18.3 Å². The topological polar surface area (TPSA) is 87.4 Å². The molecule has 0 saturated heterocycles. The summed E-state index contributed by atoms with van der Waals surface area (Å²) in [5.41, 5.74) is 4.98. The Kier molecular flexibility index (Phi) is 4.60. The second-order valence-electron chi connectivity index (χ2n) is 6.24. The van der Waals surface area contributed by atoms with Crippen LogP contribution < -0.4 is 5.32 Å². The van der Waals surface area contributed by atoms with Gasteiger partial charge in [-0.2, -0.15) is 5.26 Å². The number of anilines is 2. The monoisotopic (exact) mass is 370 g/mol. The molecule has 0 aliphatic rings. The number of hydrogen-bond donors (Lipinski definition) is 1. The van der Waals surface area contributed by atoms with E-state index >= 15 is 0 Å². The van der Waals surface area contributed by atoms with Crippen molar-refractivity contribution in [2.24, 2.45) is 0 Å². The van der Waals surface area contributed by atoms with Crippen LogP contribution in [0.3, 0.4) is 0 Å². The standard InChI is InChI=1S/C21H15FN6/c1-13-2-4-16(10-23)27-20(13)15-3-5-17-18(6-7-24-19(17)8-15)28-21-25-11-14(9-22)12-26-21/h2-8,11-12H,9H2,1H3,(H,24,25,26,28). The number of pyridine rings is 2. The Bertz CT molecular complexity index is 1200. The number of hydrogen-bond acceptors (Lipinski definition) is 6. The van der Waals surface area contributed by atoms with Crippen LogP contribution in [0.25, 0.3) is 22.2 Å². The minimum absolute atomic E-state index is 0.373. The van der Waals surface area contributed by atoms with E-state index in [1.165, 1.54) is 12.4 Å². The maximum absolute atomic E-state index is 12.6. The van der Waals surface area contributed by atoms with Crippen LogP contribution in [0.1, 0.15) is 16.8 Å². The molecular weight excluding hydrogens is 355 g/mol. The predicted molar refractivity (Wildman–Crippen MR) is 105 cm³/mol. The Hall–Kier alpha value is -3.92. The van der Waals surface area contributed by atoms with Gasteiger partial charge in [0.15, 0.2) is 0 Å². The van der Waals surface area contributed by atoms with Gasteiger partial charge < -0.3 is 5.32 Å². The lowest BCUT2D eigenvalue weighted by Gasteiger charge is -2.10. The van der Waals surface area contributed by atoms with Crippen molar-refractivity contribution in [1.29, 1.82) is 5.26 Å². The molecule has 0 atom stereocenters. The van der Waals surface area contributed by atoms with Gasteiger partial charge in [-0.3, -0.25) is 4.98 Å². The maximum atomic E-state index is 12.6. The summed E-state index contributed by atoms with van der Waals surface area (Å²) >= 11 is 0. The molecule has 7 heteroatoms. The fraction of sp³-hybridized carbons (Fsp3) is 0.0952. The molecule has 4 rings (SSSR count). The first-order valence-electron chi connectivity index (χ1n) is 8.59. The number of benzene rings is 1. The van der Waals surface area contributed by atoms with Crippen LogP contribution >= 0.6 is 0 Å². The summed E-state index contributed by atoms with van der Waals surface area (Å²) in [6.07, 6.45) is 4.59. The Morgan fingerprint density at radius 3 is 2.64 bits per heavy atom. The zero-order chi connectivity index (χ0) is 19.5. The minimum Gasteiger partial charge on any atom is -0.323 e. The smallest absolute Gasteiger partial charge is 0.227 e. The van der Waals surface area contributed by atoms with Crippen molar-refractivity contribution in [2.45, 2.75) is 13.6 Å². The average molecular weight is 370 g/mol. The van der Waals surface area contributed by atoms with Crippen molar-refractivity contribution >= 4 is 22.5 Å². The third-order valence-corrected chi connectivity index (χ3v) is 4.33. The van der Waals surface area contributed by atoms with Crippen LogP contribution in [-0.2, 0) is 6.67 Å². The molecule has 136 valence electrons. The maximum Gasteiger partial charge on any atom is 0.227 e. The summed E-state index contributed by atoms with van der Waals surface area (Å²) in [5.74, 6) is 0.382. The van der Waals surface area contributed by atoms with Crippen LogP contribution in [-0.4, -0.2) is 19.9 Å². The number of rotatable bonds is 4. The minimum atomic E-state index is -0.596. The highest BCUT2D eigenvalue weighted by atomic mass is 19.1. The average Bonchev–Trinajstić information content (AvgIpc) is 2.74. The van der Waals surface area contributed by atoms with Crippen molar-refractivity contribution in [2.75, 3.05) is 5.32 Å². The van der Waals surface area contributed by atoms with Crippen LogP contribution in [0.2, 0.25) is 0 Å². The Labute approximate surface area is 160 Å². The lowest BCUT2D eigenvalue weighted by Crippen LogP contribution is -1.99. The highest BCUT2D eigenvalue weighted by molar-refractivity contribution is 5.94. The third-order valence-electron chi connectivity index (χ3n) is 4.33. The number of nitrogens with zero attached hydrogens (tertiary/aromatic N) is 5. The number of aromatic nitrogens is 4. The highest BCUT2D eigenvalue weighted by Crippen LogP contribution is 2.29. The van der Waals surface area contributed by atoms with Gasteiger partial charge in [0.05, 0.1) is 16.9 Å². The van der Waals surface area contributed by atoms with Gasteiger partial charge in [-0.25, -0.2) is 19.3 Å². The Morgan fingerprint density at radius 2 is 1.89 bits per heavy atom. The number of halogens is 1. The molecule has 1 N–H and O–H groups in total. The molecule has 0 fully saturated rings. The van der Waals surface area contributed by atoms with Gasteiger partial charge in [0.2, 0.25) is 5.95 Å². The lowest BCUT2D eigenvalue weighted by atomic mass is 10.0. The summed E-state index contributed by atoms with van der Waals surface area (Å²) in [5, 5.41) is 13.1. The van der Waals surface area contributed by atoms with E-state index in [0.717, 1.165) is 33.4 Å². The normalized spacial score (nSPS) is 10.6. The molecule has 0 bridgehead atoms. The first-order valence-corrected chi connectivity index (χ1v) is 8.59.